The van der Waals surface area contributed by atoms with Crippen LogP contribution in [-0.4, -0.2) is 0 Å². The lowest BCUT2D eigenvalue weighted by atomic mass is 10.2. The Morgan fingerprint density at radius 3 is 2.44 bits per heavy atom. The van der Waals surface area contributed by atoms with E-state index in [1.165, 1.54) is 30.3 Å². The van der Waals surface area contributed by atoms with E-state index >= 15 is 0 Å². The fourth-order valence-electron chi connectivity index (χ4n) is 1.42. The molecule has 0 saturated carbocycles. The largest absolute Gasteiger partial charge is 0.351 e. The zero-order valence-corrected chi connectivity index (χ0v) is 9.80. The number of anilines is 2. The van der Waals surface area contributed by atoms with E-state index in [9.17, 15) is 8.78 Å². The molecule has 0 aliphatic rings. The molecule has 0 saturated heterocycles. The summed E-state index contributed by atoms with van der Waals surface area (Å²) >= 11 is 5.73. The predicted molar refractivity (Wildman–Crippen MR) is 65.8 cm³/mol. The van der Waals surface area contributed by atoms with Crippen molar-refractivity contribution in [1.29, 1.82) is 5.26 Å². The molecular formula is C13H7ClF2N2. The maximum absolute atomic E-state index is 13.6. The zero-order chi connectivity index (χ0) is 13.1. The van der Waals surface area contributed by atoms with Gasteiger partial charge in [0.15, 0.2) is 0 Å². The van der Waals surface area contributed by atoms with E-state index in [1.54, 1.807) is 0 Å². The van der Waals surface area contributed by atoms with Gasteiger partial charge in [-0.25, -0.2) is 8.78 Å². The van der Waals surface area contributed by atoms with Crippen LogP contribution >= 0.6 is 11.6 Å². The summed E-state index contributed by atoms with van der Waals surface area (Å²) in [5, 5.41) is 11.5. The summed E-state index contributed by atoms with van der Waals surface area (Å²) in [4.78, 5) is 0. The van der Waals surface area contributed by atoms with Crippen LogP contribution in [0.4, 0.5) is 20.2 Å². The van der Waals surface area contributed by atoms with E-state index in [1.807, 2.05) is 6.07 Å². The first-order chi connectivity index (χ1) is 8.60. The Morgan fingerprint density at radius 2 is 1.78 bits per heavy atom. The molecule has 2 aromatic rings. The molecule has 90 valence electrons. The van der Waals surface area contributed by atoms with Gasteiger partial charge in [-0.05, 0) is 36.4 Å². The van der Waals surface area contributed by atoms with Crippen molar-refractivity contribution in [2.75, 3.05) is 5.32 Å². The normalized spacial score (nSPS) is 9.89. The standard InChI is InChI=1S/C13H7ClF2N2/c14-9-2-3-10(15)13(6-9)18-12-4-1-8(7-17)5-11(12)16/h1-6,18H. The monoisotopic (exact) mass is 264 g/mol. The molecule has 2 rings (SSSR count). The van der Waals surface area contributed by atoms with Gasteiger partial charge in [0.25, 0.3) is 0 Å². The third-order valence-corrected chi connectivity index (χ3v) is 2.53. The van der Waals surface area contributed by atoms with E-state index in [2.05, 4.69) is 5.32 Å². The highest BCUT2D eigenvalue weighted by atomic mass is 35.5. The summed E-state index contributed by atoms with van der Waals surface area (Å²) < 4.78 is 27.0. The molecule has 5 heteroatoms. The molecule has 0 atom stereocenters. The molecule has 0 spiro atoms. The van der Waals surface area contributed by atoms with Crippen LogP contribution in [0.5, 0.6) is 0 Å². The third kappa shape index (κ3) is 2.58. The Balaban J connectivity index is 2.34. The van der Waals surface area contributed by atoms with Gasteiger partial charge in [-0.15, -0.1) is 0 Å². The van der Waals surface area contributed by atoms with Crippen LogP contribution in [0.1, 0.15) is 5.56 Å². The first-order valence-corrected chi connectivity index (χ1v) is 5.39. The molecule has 0 aromatic heterocycles. The second-order valence-electron chi connectivity index (χ2n) is 3.56. The first-order valence-electron chi connectivity index (χ1n) is 5.02. The van der Waals surface area contributed by atoms with Crippen LogP contribution in [-0.2, 0) is 0 Å². The molecule has 0 heterocycles. The summed E-state index contributed by atoms with van der Waals surface area (Å²) in [7, 11) is 0. The number of hydrogen-bond acceptors (Lipinski definition) is 2. The summed E-state index contributed by atoms with van der Waals surface area (Å²) in [6.45, 7) is 0. The zero-order valence-electron chi connectivity index (χ0n) is 9.05. The highest BCUT2D eigenvalue weighted by Gasteiger charge is 2.07. The Labute approximate surface area is 107 Å². The number of halogens is 3. The molecular weight excluding hydrogens is 258 g/mol. The molecule has 0 aliphatic heterocycles. The summed E-state index contributed by atoms with van der Waals surface area (Å²) in [5.74, 6) is -1.17. The van der Waals surface area contributed by atoms with Crippen molar-refractivity contribution in [3.05, 3.63) is 58.6 Å². The van der Waals surface area contributed by atoms with E-state index in [-0.39, 0.29) is 16.9 Å². The van der Waals surface area contributed by atoms with Gasteiger partial charge in [-0.3, -0.25) is 0 Å². The van der Waals surface area contributed by atoms with E-state index in [4.69, 9.17) is 16.9 Å². The van der Waals surface area contributed by atoms with Crippen molar-refractivity contribution in [2.45, 2.75) is 0 Å². The minimum Gasteiger partial charge on any atom is -0.351 e. The van der Waals surface area contributed by atoms with Gasteiger partial charge in [-0.1, -0.05) is 11.6 Å². The van der Waals surface area contributed by atoms with E-state index in [0.717, 1.165) is 6.07 Å². The van der Waals surface area contributed by atoms with Gasteiger partial charge in [0.05, 0.1) is 23.0 Å². The second-order valence-corrected chi connectivity index (χ2v) is 3.99. The van der Waals surface area contributed by atoms with Crippen LogP contribution in [0, 0.1) is 23.0 Å². The van der Waals surface area contributed by atoms with Gasteiger partial charge in [-0.2, -0.15) is 5.26 Å². The van der Waals surface area contributed by atoms with Gasteiger partial charge >= 0.3 is 0 Å². The molecule has 0 fully saturated rings. The summed E-state index contributed by atoms with van der Waals surface area (Å²) in [6, 6.07) is 9.64. The average Bonchev–Trinajstić information content (AvgIpc) is 2.36. The minimum atomic E-state index is -0.631. The Bertz CT molecular complexity index is 635. The fourth-order valence-corrected chi connectivity index (χ4v) is 1.60. The Morgan fingerprint density at radius 1 is 1.00 bits per heavy atom. The summed E-state index contributed by atoms with van der Waals surface area (Å²) in [6.07, 6.45) is 0. The molecule has 0 aliphatic carbocycles. The molecule has 0 bridgehead atoms. The molecule has 0 unspecified atom stereocenters. The molecule has 0 radical (unpaired) electrons. The molecule has 0 amide bonds. The topological polar surface area (TPSA) is 35.8 Å². The second kappa shape index (κ2) is 5.03. The van der Waals surface area contributed by atoms with Crippen molar-refractivity contribution in [3.8, 4) is 6.07 Å². The van der Waals surface area contributed by atoms with Gasteiger partial charge in [0.2, 0.25) is 0 Å². The number of benzene rings is 2. The van der Waals surface area contributed by atoms with Crippen LogP contribution in [0.15, 0.2) is 36.4 Å². The quantitative estimate of drug-likeness (QED) is 0.881. The predicted octanol–water partition coefficient (Wildman–Crippen LogP) is 4.23. The highest BCUT2D eigenvalue weighted by molar-refractivity contribution is 6.30. The van der Waals surface area contributed by atoms with Gasteiger partial charge in [0, 0.05) is 5.02 Å². The van der Waals surface area contributed by atoms with Crippen molar-refractivity contribution >= 4 is 23.0 Å². The average molecular weight is 265 g/mol. The lowest BCUT2D eigenvalue weighted by molar-refractivity contribution is 0.625. The van der Waals surface area contributed by atoms with Crippen molar-refractivity contribution in [2.24, 2.45) is 0 Å². The maximum Gasteiger partial charge on any atom is 0.147 e. The van der Waals surface area contributed by atoms with Crippen LogP contribution in [0.25, 0.3) is 0 Å². The molecule has 2 aromatic carbocycles. The lowest BCUT2D eigenvalue weighted by Crippen LogP contribution is -1.97. The molecule has 18 heavy (non-hydrogen) atoms. The SMILES string of the molecule is N#Cc1ccc(Nc2cc(Cl)ccc2F)c(F)c1. The van der Waals surface area contributed by atoms with Crippen LogP contribution < -0.4 is 5.32 Å². The third-order valence-electron chi connectivity index (χ3n) is 2.30. The number of nitriles is 1. The van der Waals surface area contributed by atoms with E-state index < -0.39 is 11.6 Å². The van der Waals surface area contributed by atoms with E-state index in [0.29, 0.717) is 5.02 Å². The lowest BCUT2D eigenvalue weighted by Gasteiger charge is -2.09. The summed E-state index contributed by atoms with van der Waals surface area (Å²) in [5.41, 5.74) is 0.353. The number of hydrogen-bond donors (Lipinski definition) is 1. The van der Waals surface area contributed by atoms with Crippen molar-refractivity contribution < 1.29 is 8.78 Å². The van der Waals surface area contributed by atoms with Gasteiger partial charge < -0.3 is 5.32 Å². The van der Waals surface area contributed by atoms with Crippen molar-refractivity contribution in [1.82, 2.24) is 0 Å². The Hall–Kier alpha value is -2.12. The highest BCUT2D eigenvalue weighted by Crippen LogP contribution is 2.25. The van der Waals surface area contributed by atoms with Crippen LogP contribution in [0.2, 0.25) is 5.02 Å². The van der Waals surface area contributed by atoms with Crippen molar-refractivity contribution in [3.63, 3.8) is 0 Å². The number of rotatable bonds is 2. The number of nitrogens with zero attached hydrogens (tertiary/aromatic N) is 1. The molecule has 2 nitrogen and oxygen atoms in total. The minimum absolute atomic E-state index is 0.0751. The molecule has 1 N–H and O–H groups in total. The number of nitrogens with one attached hydrogen (secondary N) is 1. The Kier molecular flexibility index (Phi) is 3.45. The first kappa shape index (κ1) is 12.3. The van der Waals surface area contributed by atoms with Gasteiger partial charge in [0.1, 0.15) is 11.6 Å². The fraction of sp³-hybridized carbons (Fsp3) is 0. The smallest absolute Gasteiger partial charge is 0.147 e. The van der Waals surface area contributed by atoms with Crippen LogP contribution in [0.3, 0.4) is 0 Å². The maximum atomic E-state index is 13.6.